The van der Waals surface area contributed by atoms with Crippen molar-refractivity contribution in [2.45, 2.75) is 6.42 Å². The first kappa shape index (κ1) is 11.4. The lowest BCUT2D eigenvalue weighted by Crippen LogP contribution is -1.95. The molecule has 4 heteroatoms. The van der Waals surface area contributed by atoms with Crippen LogP contribution < -0.4 is 4.74 Å². The number of imidazole rings is 1. The third-order valence-electron chi connectivity index (χ3n) is 2.53. The Hall–Kier alpha value is -2.10. The fourth-order valence-electron chi connectivity index (χ4n) is 1.56. The van der Waals surface area contributed by atoms with Gasteiger partial charge in [0.05, 0.1) is 13.4 Å². The molecule has 88 valence electrons. The molecule has 1 aromatic carbocycles. The highest BCUT2D eigenvalue weighted by atomic mass is 16.5. The Morgan fingerprint density at radius 3 is 2.94 bits per heavy atom. The van der Waals surface area contributed by atoms with Crippen LogP contribution in [0.1, 0.15) is 5.69 Å². The number of hydrogen-bond donors (Lipinski definition) is 0. The van der Waals surface area contributed by atoms with Crippen molar-refractivity contribution in [1.82, 2.24) is 9.55 Å². The van der Waals surface area contributed by atoms with Crippen molar-refractivity contribution in [2.24, 2.45) is 12.0 Å². The molecule has 0 aliphatic rings. The lowest BCUT2D eigenvalue weighted by atomic mass is 10.3. The van der Waals surface area contributed by atoms with E-state index in [0.717, 1.165) is 23.6 Å². The Bertz CT molecular complexity index is 517. The number of aliphatic imine (C=N–C) groups is 1. The van der Waals surface area contributed by atoms with Gasteiger partial charge < -0.3 is 9.30 Å². The minimum absolute atomic E-state index is 0.758. The van der Waals surface area contributed by atoms with Gasteiger partial charge in [0.1, 0.15) is 11.4 Å². The molecule has 0 aliphatic carbocycles. The second-order valence-electron chi connectivity index (χ2n) is 3.68. The van der Waals surface area contributed by atoms with Crippen molar-refractivity contribution >= 4 is 11.9 Å². The van der Waals surface area contributed by atoms with Crippen LogP contribution in [-0.2, 0) is 13.5 Å². The van der Waals surface area contributed by atoms with E-state index in [1.165, 1.54) is 0 Å². The number of aromatic nitrogens is 2. The van der Waals surface area contributed by atoms with Gasteiger partial charge in [-0.05, 0) is 12.1 Å². The molecule has 0 spiro atoms. The lowest BCUT2D eigenvalue weighted by Gasteiger charge is -2.02. The van der Waals surface area contributed by atoms with Gasteiger partial charge in [-0.25, -0.2) is 4.98 Å². The van der Waals surface area contributed by atoms with Crippen molar-refractivity contribution in [3.8, 4) is 5.75 Å². The number of benzene rings is 1. The van der Waals surface area contributed by atoms with Crippen molar-refractivity contribution in [3.05, 3.63) is 42.5 Å². The van der Waals surface area contributed by atoms with E-state index < -0.39 is 0 Å². The summed E-state index contributed by atoms with van der Waals surface area (Å²) in [5, 5.41) is 0. The van der Waals surface area contributed by atoms with E-state index in [2.05, 4.69) is 9.98 Å². The number of ether oxygens (including phenoxy) is 1. The molecule has 1 aromatic heterocycles. The van der Waals surface area contributed by atoms with Crippen LogP contribution in [0.25, 0.3) is 0 Å². The highest BCUT2D eigenvalue weighted by Gasteiger charge is 1.98. The summed E-state index contributed by atoms with van der Waals surface area (Å²) in [6.07, 6.45) is 6.25. The highest BCUT2D eigenvalue weighted by molar-refractivity contribution is 5.68. The maximum atomic E-state index is 5.23. The highest BCUT2D eigenvalue weighted by Crippen LogP contribution is 2.25. The number of nitrogens with zero attached hydrogens (tertiary/aromatic N) is 3. The average Bonchev–Trinajstić information content (AvgIpc) is 2.76. The fourth-order valence-corrected chi connectivity index (χ4v) is 1.56. The summed E-state index contributed by atoms with van der Waals surface area (Å²) in [4.78, 5) is 8.46. The lowest BCUT2D eigenvalue weighted by molar-refractivity contribution is 0.416. The molecule has 0 aliphatic heterocycles. The Morgan fingerprint density at radius 2 is 2.24 bits per heavy atom. The summed E-state index contributed by atoms with van der Waals surface area (Å²) in [7, 11) is 3.62. The predicted octanol–water partition coefficient (Wildman–Crippen LogP) is 2.37. The number of rotatable bonds is 4. The Labute approximate surface area is 101 Å². The second kappa shape index (κ2) is 5.30. The summed E-state index contributed by atoms with van der Waals surface area (Å²) in [6.45, 7) is 0. The van der Waals surface area contributed by atoms with Crippen LogP contribution in [0.3, 0.4) is 0 Å². The molecule has 0 saturated carbocycles. The van der Waals surface area contributed by atoms with E-state index in [1.54, 1.807) is 13.4 Å². The smallest absolute Gasteiger partial charge is 0.144 e. The van der Waals surface area contributed by atoms with Crippen LogP contribution in [0.4, 0.5) is 5.69 Å². The fraction of sp³-hybridized carbons (Fsp3) is 0.231. The second-order valence-corrected chi connectivity index (χ2v) is 3.68. The van der Waals surface area contributed by atoms with Crippen LogP contribution >= 0.6 is 0 Å². The van der Waals surface area contributed by atoms with E-state index in [9.17, 15) is 0 Å². The average molecular weight is 229 g/mol. The summed E-state index contributed by atoms with van der Waals surface area (Å²) < 4.78 is 7.21. The largest absolute Gasteiger partial charge is 0.494 e. The molecule has 0 radical (unpaired) electrons. The van der Waals surface area contributed by atoms with Gasteiger partial charge in [-0.3, -0.25) is 4.99 Å². The van der Waals surface area contributed by atoms with Gasteiger partial charge in [0.15, 0.2) is 0 Å². The van der Waals surface area contributed by atoms with Crippen LogP contribution in [0, 0.1) is 0 Å². The number of para-hydroxylation sites is 2. The van der Waals surface area contributed by atoms with E-state index in [4.69, 9.17) is 4.74 Å². The van der Waals surface area contributed by atoms with Crippen molar-refractivity contribution in [1.29, 1.82) is 0 Å². The molecule has 2 aromatic rings. The van der Waals surface area contributed by atoms with Gasteiger partial charge in [-0.1, -0.05) is 12.1 Å². The zero-order chi connectivity index (χ0) is 12.1. The summed E-state index contributed by atoms with van der Waals surface area (Å²) in [6, 6.07) is 7.70. The van der Waals surface area contributed by atoms with Crippen molar-refractivity contribution in [3.63, 3.8) is 0 Å². The molecule has 0 unspecified atom stereocenters. The summed E-state index contributed by atoms with van der Waals surface area (Å²) in [5.74, 6) is 0.786. The molecule has 4 nitrogen and oxygen atoms in total. The van der Waals surface area contributed by atoms with Crippen LogP contribution in [0.15, 0.2) is 41.8 Å². The maximum absolute atomic E-state index is 5.23. The number of aryl methyl sites for hydroxylation is 1. The molecule has 0 saturated heterocycles. The maximum Gasteiger partial charge on any atom is 0.144 e. The SMILES string of the molecule is COc1ccccc1N=CCc1cncn1C. The third-order valence-corrected chi connectivity index (χ3v) is 2.53. The Morgan fingerprint density at radius 1 is 1.41 bits per heavy atom. The molecular formula is C13H15N3O. The van der Waals surface area contributed by atoms with Crippen molar-refractivity contribution in [2.75, 3.05) is 7.11 Å². The van der Waals surface area contributed by atoms with Gasteiger partial charge in [0, 0.05) is 31.6 Å². The third kappa shape index (κ3) is 2.72. The zero-order valence-corrected chi connectivity index (χ0v) is 10.00. The molecule has 1 heterocycles. The Balaban J connectivity index is 2.08. The van der Waals surface area contributed by atoms with Crippen molar-refractivity contribution < 1.29 is 4.74 Å². The van der Waals surface area contributed by atoms with Gasteiger partial charge >= 0.3 is 0 Å². The molecule has 17 heavy (non-hydrogen) atoms. The Kier molecular flexibility index (Phi) is 3.55. The minimum atomic E-state index is 0.758. The minimum Gasteiger partial charge on any atom is -0.494 e. The zero-order valence-electron chi connectivity index (χ0n) is 10.00. The van der Waals surface area contributed by atoms with E-state index in [1.807, 2.05) is 48.3 Å². The topological polar surface area (TPSA) is 39.4 Å². The van der Waals surface area contributed by atoms with Gasteiger partial charge in [0.2, 0.25) is 0 Å². The van der Waals surface area contributed by atoms with Crippen LogP contribution in [0.5, 0.6) is 5.75 Å². The first-order valence-corrected chi connectivity index (χ1v) is 5.42. The number of methoxy groups -OCH3 is 1. The molecule has 0 bridgehead atoms. The van der Waals surface area contributed by atoms with Gasteiger partial charge in [-0.15, -0.1) is 0 Å². The normalized spacial score (nSPS) is 10.9. The van der Waals surface area contributed by atoms with Crippen LogP contribution in [0.2, 0.25) is 0 Å². The summed E-state index contributed by atoms with van der Waals surface area (Å²) in [5.41, 5.74) is 1.97. The number of hydrogen-bond acceptors (Lipinski definition) is 3. The molecule has 0 N–H and O–H groups in total. The molecule has 0 amide bonds. The first-order valence-electron chi connectivity index (χ1n) is 5.42. The predicted molar refractivity (Wildman–Crippen MR) is 68.1 cm³/mol. The first-order chi connectivity index (χ1) is 8.31. The molecule has 0 fully saturated rings. The molecule has 2 rings (SSSR count). The quantitative estimate of drug-likeness (QED) is 0.755. The van der Waals surface area contributed by atoms with E-state index in [-0.39, 0.29) is 0 Å². The van der Waals surface area contributed by atoms with Crippen LogP contribution in [-0.4, -0.2) is 22.9 Å². The molecular weight excluding hydrogens is 214 g/mol. The van der Waals surface area contributed by atoms with E-state index >= 15 is 0 Å². The molecule has 0 atom stereocenters. The van der Waals surface area contributed by atoms with Gasteiger partial charge in [0.25, 0.3) is 0 Å². The van der Waals surface area contributed by atoms with Gasteiger partial charge in [-0.2, -0.15) is 0 Å². The summed E-state index contributed by atoms with van der Waals surface area (Å²) >= 11 is 0. The monoisotopic (exact) mass is 229 g/mol. The van der Waals surface area contributed by atoms with E-state index in [0.29, 0.717) is 0 Å². The standard InChI is InChI=1S/C13H15N3O/c1-16-10-14-9-11(16)7-8-15-12-5-3-4-6-13(12)17-2/h3-6,8-10H,7H2,1-2H3.